The van der Waals surface area contributed by atoms with Gasteiger partial charge in [-0.1, -0.05) is 121 Å². The topological polar surface area (TPSA) is 3.24 Å². The molecule has 2 aliphatic rings. The van der Waals surface area contributed by atoms with E-state index in [2.05, 4.69) is 157 Å². The van der Waals surface area contributed by atoms with Crippen molar-refractivity contribution in [2.24, 2.45) is 0 Å². The van der Waals surface area contributed by atoms with Crippen molar-refractivity contribution in [2.45, 2.75) is 51.4 Å². The molecule has 0 N–H and O–H groups in total. The summed E-state index contributed by atoms with van der Waals surface area (Å²) in [5.41, 5.74) is 18.4. The van der Waals surface area contributed by atoms with Gasteiger partial charge in [0.2, 0.25) is 0 Å². The van der Waals surface area contributed by atoms with E-state index < -0.39 is 0 Å². The lowest BCUT2D eigenvalue weighted by atomic mass is 9.73. The van der Waals surface area contributed by atoms with E-state index in [1.807, 2.05) is 0 Å². The second-order valence-electron chi connectivity index (χ2n) is 13.7. The Hall–Kier alpha value is -5.40. The van der Waals surface area contributed by atoms with E-state index in [1.54, 1.807) is 33.4 Å². The maximum atomic E-state index is 2.40. The fourth-order valence-electron chi connectivity index (χ4n) is 8.62. The van der Waals surface area contributed by atoms with Gasteiger partial charge in [0.15, 0.2) is 0 Å². The summed E-state index contributed by atoms with van der Waals surface area (Å²) in [6, 6.07) is 55.8. The summed E-state index contributed by atoms with van der Waals surface area (Å²) in [6.45, 7) is 0. The molecule has 0 saturated heterocycles. The Labute approximate surface area is 290 Å². The van der Waals surface area contributed by atoms with E-state index in [9.17, 15) is 0 Å². The summed E-state index contributed by atoms with van der Waals surface area (Å²) in [7, 11) is 0. The summed E-state index contributed by atoms with van der Waals surface area (Å²) in [4.78, 5) is 2.38. The molecule has 0 bridgehead atoms. The standard InChI is InChI=1S/C48H41N/c1-3-15-37(16-4-1)47-42-21-9-11-23-44(42)48(45-24-12-10-22-43(45)47)38-28-26-34(27-29-38)35-30-32-40(33-31-35)49(39-18-5-2-6-19-39)46-25-13-17-36-14-7-8-20-41(36)46/h1-8,13-20,25-33H,9-12,21-24H2. The van der Waals surface area contributed by atoms with Gasteiger partial charge < -0.3 is 4.90 Å². The van der Waals surface area contributed by atoms with Gasteiger partial charge in [0.1, 0.15) is 0 Å². The van der Waals surface area contributed by atoms with Gasteiger partial charge >= 0.3 is 0 Å². The van der Waals surface area contributed by atoms with Crippen molar-refractivity contribution in [1.82, 2.24) is 0 Å². The SMILES string of the molecule is c1ccc(-c2c3c(c(-c4ccc(-c5ccc(N(c6ccccc6)c6cccc7ccccc67)cc5)cc4)c4c2CCCC4)CCCC3)cc1. The summed E-state index contributed by atoms with van der Waals surface area (Å²) in [5.74, 6) is 0. The Balaban J connectivity index is 1.09. The molecule has 7 aromatic carbocycles. The maximum Gasteiger partial charge on any atom is 0.0540 e. The third-order valence-electron chi connectivity index (χ3n) is 10.9. The molecule has 1 nitrogen and oxygen atoms in total. The van der Waals surface area contributed by atoms with Crippen molar-refractivity contribution >= 4 is 27.8 Å². The van der Waals surface area contributed by atoms with Crippen LogP contribution in [0.15, 0.2) is 152 Å². The minimum absolute atomic E-state index is 1.15. The van der Waals surface area contributed by atoms with Crippen LogP contribution in [0.1, 0.15) is 47.9 Å². The van der Waals surface area contributed by atoms with Crippen LogP contribution in [0.4, 0.5) is 17.1 Å². The number of benzene rings is 7. The van der Waals surface area contributed by atoms with E-state index in [0.717, 1.165) is 11.4 Å². The van der Waals surface area contributed by atoms with Gasteiger partial charge in [-0.3, -0.25) is 0 Å². The van der Waals surface area contributed by atoms with Crippen molar-refractivity contribution < 1.29 is 0 Å². The fraction of sp³-hybridized carbons (Fsp3) is 0.167. The Kier molecular flexibility index (Phi) is 7.82. The predicted molar refractivity (Wildman–Crippen MR) is 208 cm³/mol. The molecule has 49 heavy (non-hydrogen) atoms. The Morgan fingerprint density at radius 3 is 1.35 bits per heavy atom. The Morgan fingerprint density at radius 2 is 0.755 bits per heavy atom. The molecule has 0 unspecified atom stereocenters. The normalized spacial score (nSPS) is 13.9. The highest BCUT2D eigenvalue weighted by Gasteiger charge is 2.28. The molecule has 0 saturated carbocycles. The minimum Gasteiger partial charge on any atom is -0.310 e. The lowest BCUT2D eigenvalue weighted by molar-refractivity contribution is 0.662. The first kappa shape index (κ1) is 29.7. The quantitative estimate of drug-likeness (QED) is 0.176. The van der Waals surface area contributed by atoms with Crippen molar-refractivity contribution in [3.8, 4) is 33.4 Å². The number of anilines is 3. The highest BCUT2D eigenvalue weighted by Crippen LogP contribution is 2.46. The second kappa shape index (κ2) is 12.9. The Bertz CT molecular complexity index is 2200. The Morgan fingerprint density at radius 1 is 0.327 bits per heavy atom. The van der Waals surface area contributed by atoms with Crippen LogP contribution < -0.4 is 4.90 Å². The average molecular weight is 632 g/mol. The maximum absolute atomic E-state index is 2.40. The molecular formula is C48H41N. The molecule has 238 valence electrons. The summed E-state index contributed by atoms with van der Waals surface area (Å²) in [5, 5.41) is 2.49. The van der Waals surface area contributed by atoms with E-state index in [-0.39, 0.29) is 0 Å². The van der Waals surface area contributed by atoms with E-state index in [4.69, 9.17) is 0 Å². The number of nitrogens with zero attached hydrogens (tertiary/aromatic N) is 1. The van der Waals surface area contributed by atoms with Crippen LogP contribution in [0.25, 0.3) is 44.2 Å². The van der Waals surface area contributed by atoms with Crippen molar-refractivity contribution in [2.75, 3.05) is 4.90 Å². The molecule has 0 spiro atoms. The molecule has 0 aliphatic heterocycles. The van der Waals surface area contributed by atoms with Crippen LogP contribution in [-0.2, 0) is 25.7 Å². The molecule has 0 amide bonds. The first-order chi connectivity index (χ1) is 24.3. The van der Waals surface area contributed by atoms with Crippen molar-refractivity contribution in [1.29, 1.82) is 0 Å². The van der Waals surface area contributed by atoms with Crippen LogP contribution >= 0.6 is 0 Å². The van der Waals surface area contributed by atoms with Crippen LogP contribution in [-0.4, -0.2) is 0 Å². The number of hydrogen-bond donors (Lipinski definition) is 0. The first-order valence-electron chi connectivity index (χ1n) is 18.1. The zero-order chi connectivity index (χ0) is 32.6. The first-order valence-corrected chi connectivity index (χ1v) is 18.1. The van der Waals surface area contributed by atoms with Gasteiger partial charge in [0, 0.05) is 16.8 Å². The molecule has 0 fully saturated rings. The lowest BCUT2D eigenvalue weighted by Gasteiger charge is -2.32. The average Bonchev–Trinajstić information content (AvgIpc) is 3.18. The largest absolute Gasteiger partial charge is 0.310 e. The van der Waals surface area contributed by atoms with Crippen LogP contribution in [0.3, 0.4) is 0 Å². The fourth-order valence-corrected chi connectivity index (χ4v) is 8.62. The zero-order valence-corrected chi connectivity index (χ0v) is 28.0. The lowest BCUT2D eigenvalue weighted by Crippen LogP contribution is -2.15. The van der Waals surface area contributed by atoms with Gasteiger partial charge in [0.25, 0.3) is 0 Å². The molecule has 0 atom stereocenters. The zero-order valence-electron chi connectivity index (χ0n) is 28.0. The molecule has 2 aliphatic carbocycles. The number of hydrogen-bond acceptors (Lipinski definition) is 1. The van der Waals surface area contributed by atoms with E-state index in [1.165, 1.54) is 90.1 Å². The monoisotopic (exact) mass is 631 g/mol. The predicted octanol–water partition coefficient (Wildman–Crippen LogP) is 13.1. The smallest absolute Gasteiger partial charge is 0.0540 e. The second-order valence-corrected chi connectivity index (χ2v) is 13.7. The molecule has 0 aromatic heterocycles. The number of para-hydroxylation sites is 1. The third-order valence-corrected chi connectivity index (χ3v) is 10.9. The van der Waals surface area contributed by atoms with Crippen molar-refractivity contribution in [3.63, 3.8) is 0 Å². The molecule has 1 heteroatoms. The van der Waals surface area contributed by atoms with Crippen LogP contribution in [0.2, 0.25) is 0 Å². The third kappa shape index (κ3) is 5.44. The van der Waals surface area contributed by atoms with Gasteiger partial charge in [0.05, 0.1) is 5.69 Å². The highest BCUT2D eigenvalue weighted by atomic mass is 15.1. The molecule has 0 heterocycles. The summed E-state index contributed by atoms with van der Waals surface area (Å²) in [6.07, 6.45) is 9.94. The summed E-state index contributed by atoms with van der Waals surface area (Å²) < 4.78 is 0. The summed E-state index contributed by atoms with van der Waals surface area (Å²) >= 11 is 0. The van der Waals surface area contributed by atoms with Gasteiger partial charge in [-0.25, -0.2) is 0 Å². The molecule has 9 rings (SSSR count). The van der Waals surface area contributed by atoms with Gasteiger partial charge in [-0.15, -0.1) is 0 Å². The van der Waals surface area contributed by atoms with Crippen molar-refractivity contribution in [3.05, 3.63) is 174 Å². The van der Waals surface area contributed by atoms with E-state index >= 15 is 0 Å². The van der Waals surface area contributed by atoms with E-state index in [0.29, 0.717) is 0 Å². The number of rotatable bonds is 6. The minimum atomic E-state index is 1.15. The molecule has 7 aromatic rings. The van der Waals surface area contributed by atoms with Gasteiger partial charge in [-0.2, -0.15) is 0 Å². The van der Waals surface area contributed by atoms with Crippen LogP contribution in [0, 0.1) is 0 Å². The van der Waals surface area contributed by atoms with Gasteiger partial charge in [-0.05, 0) is 143 Å². The van der Waals surface area contributed by atoms with Crippen LogP contribution in [0.5, 0.6) is 0 Å². The number of fused-ring (bicyclic) bond motifs is 3. The molecular weight excluding hydrogens is 591 g/mol. The molecule has 0 radical (unpaired) electrons. The highest BCUT2D eigenvalue weighted by molar-refractivity contribution is 5.99.